The molecule has 0 radical (unpaired) electrons. The summed E-state index contributed by atoms with van der Waals surface area (Å²) < 4.78 is 3.30. The fourth-order valence-electron chi connectivity index (χ4n) is 4.79. The van der Waals surface area contributed by atoms with Gasteiger partial charge in [-0.1, -0.05) is 30.3 Å². The van der Waals surface area contributed by atoms with Crippen LogP contribution in [0.4, 0.5) is 0 Å². The van der Waals surface area contributed by atoms with Crippen LogP contribution in [0.25, 0.3) is 49.9 Å². The maximum Gasteiger partial charge on any atom is 0.265 e. The van der Waals surface area contributed by atoms with Crippen LogP contribution in [0.5, 0.6) is 0 Å². The van der Waals surface area contributed by atoms with Gasteiger partial charge in [0.1, 0.15) is 6.33 Å². The molecule has 0 unspecified atom stereocenters. The Morgan fingerprint density at radius 3 is 2.61 bits per heavy atom. The summed E-state index contributed by atoms with van der Waals surface area (Å²) in [6.07, 6.45) is 5.23. The number of aryl methyl sites for hydroxylation is 1. The number of nitrogens with two attached hydrogens (primary N) is 1. The molecule has 6 rings (SSSR count). The number of nitrogens with zero attached hydrogens (tertiary/aromatic N) is 4. The minimum atomic E-state index is -0.509. The molecule has 0 atom stereocenters. The second-order valence-corrected chi connectivity index (χ2v) is 8.79. The SMILES string of the molecule is Cc1c(-c2ccc(C(N)=O)c3[nH]c(-c4cnn(C)c4)cc23)cccc1-n1cnc2ccccc2c1=O. The van der Waals surface area contributed by atoms with Crippen LogP contribution in [-0.2, 0) is 7.05 Å². The van der Waals surface area contributed by atoms with Crippen LogP contribution in [0.15, 0.2) is 84.2 Å². The number of aromatic nitrogens is 5. The average molecular weight is 475 g/mol. The minimum absolute atomic E-state index is 0.129. The van der Waals surface area contributed by atoms with Gasteiger partial charge in [0.15, 0.2) is 0 Å². The van der Waals surface area contributed by atoms with Gasteiger partial charge in [0, 0.05) is 29.9 Å². The number of amides is 1. The van der Waals surface area contributed by atoms with Crippen molar-refractivity contribution in [2.75, 3.05) is 0 Å². The zero-order valence-corrected chi connectivity index (χ0v) is 19.7. The van der Waals surface area contributed by atoms with Crippen molar-refractivity contribution in [2.24, 2.45) is 12.8 Å². The van der Waals surface area contributed by atoms with Crippen molar-refractivity contribution < 1.29 is 4.79 Å². The number of H-pyrrole nitrogens is 1. The van der Waals surface area contributed by atoms with Gasteiger partial charge in [-0.2, -0.15) is 5.10 Å². The maximum atomic E-state index is 13.3. The summed E-state index contributed by atoms with van der Waals surface area (Å²) in [7, 11) is 1.85. The zero-order valence-electron chi connectivity index (χ0n) is 19.7. The molecule has 6 aromatic rings. The fourth-order valence-corrected chi connectivity index (χ4v) is 4.79. The summed E-state index contributed by atoms with van der Waals surface area (Å²) in [5, 5.41) is 5.67. The summed E-state index contributed by atoms with van der Waals surface area (Å²) in [6, 6.07) is 18.8. The summed E-state index contributed by atoms with van der Waals surface area (Å²) >= 11 is 0. The number of hydrogen-bond donors (Lipinski definition) is 2. The second-order valence-electron chi connectivity index (χ2n) is 8.79. The number of hydrogen-bond acceptors (Lipinski definition) is 4. The van der Waals surface area contributed by atoms with Gasteiger partial charge in [-0.15, -0.1) is 0 Å². The minimum Gasteiger partial charge on any atom is -0.366 e. The molecular weight excluding hydrogens is 452 g/mol. The first kappa shape index (κ1) is 21.5. The van der Waals surface area contributed by atoms with Crippen LogP contribution >= 0.6 is 0 Å². The van der Waals surface area contributed by atoms with E-state index in [1.165, 1.54) is 0 Å². The van der Waals surface area contributed by atoms with Gasteiger partial charge in [0.05, 0.1) is 33.9 Å². The Morgan fingerprint density at radius 2 is 1.83 bits per heavy atom. The number of benzene rings is 3. The Morgan fingerprint density at radius 1 is 1.00 bits per heavy atom. The summed E-state index contributed by atoms with van der Waals surface area (Å²) in [5.41, 5.74) is 12.5. The highest BCUT2D eigenvalue weighted by atomic mass is 16.1. The summed E-state index contributed by atoms with van der Waals surface area (Å²) in [6.45, 7) is 1.98. The number of carbonyl (C=O) groups excluding carboxylic acids is 1. The molecule has 176 valence electrons. The first-order valence-corrected chi connectivity index (χ1v) is 11.4. The first-order valence-electron chi connectivity index (χ1n) is 11.4. The Labute approximate surface area is 205 Å². The number of aromatic amines is 1. The molecule has 0 fully saturated rings. The lowest BCUT2D eigenvalue weighted by molar-refractivity contribution is 0.100. The lowest BCUT2D eigenvalue weighted by Gasteiger charge is -2.15. The number of primary amides is 1. The third-order valence-electron chi connectivity index (χ3n) is 6.60. The molecule has 3 heterocycles. The highest BCUT2D eigenvalue weighted by Gasteiger charge is 2.18. The Bertz CT molecular complexity index is 1880. The number of carbonyl (C=O) groups is 1. The molecule has 3 N–H and O–H groups in total. The standard InChI is InChI=1S/C28H22N6O2/c1-16-18(7-5-9-25(16)34-15-30-23-8-4-3-6-20(23)28(34)36)19-10-11-21(27(29)35)26-22(19)12-24(32-26)17-13-31-33(2)14-17/h3-15,32H,1-2H3,(H2,29,35). The molecule has 0 aliphatic heterocycles. The van der Waals surface area contributed by atoms with Crippen molar-refractivity contribution in [1.29, 1.82) is 0 Å². The van der Waals surface area contributed by atoms with Crippen molar-refractivity contribution in [3.8, 4) is 28.1 Å². The highest BCUT2D eigenvalue weighted by molar-refractivity contribution is 6.10. The molecule has 3 aromatic heterocycles. The van der Waals surface area contributed by atoms with Crippen molar-refractivity contribution >= 4 is 27.7 Å². The Kier molecular flexibility index (Phi) is 4.82. The molecule has 0 aliphatic carbocycles. The lowest BCUT2D eigenvalue weighted by Crippen LogP contribution is -2.19. The molecule has 0 saturated carbocycles. The third kappa shape index (κ3) is 3.31. The van der Waals surface area contributed by atoms with E-state index in [-0.39, 0.29) is 5.56 Å². The molecule has 0 spiro atoms. The van der Waals surface area contributed by atoms with E-state index in [1.807, 2.05) is 68.7 Å². The molecule has 8 heteroatoms. The van der Waals surface area contributed by atoms with E-state index < -0.39 is 5.91 Å². The van der Waals surface area contributed by atoms with Gasteiger partial charge in [-0.25, -0.2) is 4.98 Å². The summed E-state index contributed by atoms with van der Waals surface area (Å²) in [5.74, 6) is -0.509. The van der Waals surface area contributed by atoms with Gasteiger partial charge < -0.3 is 10.7 Å². The zero-order chi connectivity index (χ0) is 25.0. The lowest BCUT2D eigenvalue weighted by atomic mass is 9.94. The van der Waals surface area contributed by atoms with Gasteiger partial charge in [0.25, 0.3) is 11.5 Å². The molecule has 36 heavy (non-hydrogen) atoms. The van der Waals surface area contributed by atoms with Gasteiger partial charge in [-0.3, -0.25) is 18.8 Å². The Balaban J connectivity index is 1.58. The largest absolute Gasteiger partial charge is 0.366 e. The van der Waals surface area contributed by atoms with Crippen LogP contribution in [0, 0.1) is 6.92 Å². The van der Waals surface area contributed by atoms with E-state index >= 15 is 0 Å². The van der Waals surface area contributed by atoms with Crippen LogP contribution in [0.2, 0.25) is 0 Å². The first-order chi connectivity index (χ1) is 17.4. The quantitative estimate of drug-likeness (QED) is 0.396. The normalized spacial score (nSPS) is 11.4. The predicted molar refractivity (Wildman–Crippen MR) is 140 cm³/mol. The fraction of sp³-hybridized carbons (Fsp3) is 0.0714. The average Bonchev–Trinajstić information content (AvgIpc) is 3.51. The number of para-hydroxylation sites is 1. The van der Waals surface area contributed by atoms with Crippen molar-refractivity contribution in [1.82, 2.24) is 24.3 Å². The van der Waals surface area contributed by atoms with E-state index in [9.17, 15) is 9.59 Å². The van der Waals surface area contributed by atoms with Gasteiger partial charge in [-0.05, 0) is 53.9 Å². The van der Waals surface area contributed by atoms with E-state index in [2.05, 4.69) is 15.1 Å². The topological polar surface area (TPSA) is 112 Å². The van der Waals surface area contributed by atoms with Gasteiger partial charge in [0.2, 0.25) is 0 Å². The van der Waals surface area contributed by atoms with Gasteiger partial charge >= 0.3 is 0 Å². The maximum absolute atomic E-state index is 13.3. The van der Waals surface area contributed by atoms with Crippen molar-refractivity contribution in [3.63, 3.8) is 0 Å². The molecule has 3 aromatic carbocycles. The molecule has 0 aliphatic rings. The van der Waals surface area contributed by atoms with E-state index in [1.54, 1.807) is 33.9 Å². The highest BCUT2D eigenvalue weighted by Crippen LogP contribution is 2.36. The molecule has 0 bridgehead atoms. The Hall–Kier alpha value is -4.98. The van der Waals surface area contributed by atoms with Crippen LogP contribution < -0.4 is 11.3 Å². The predicted octanol–water partition coefficient (Wildman–Crippen LogP) is 4.34. The molecular formula is C28H22N6O2. The molecule has 1 amide bonds. The van der Waals surface area contributed by atoms with Crippen molar-refractivity contribution in [2.45, 2.75) is 6.92 Å². The number of rotatable bonds is 4. The van der Waals surface area contributed by atoms with Crippen LogP contribution in [0.1, 0.15) is 15.9 Å². The monoisotopic (exact) mass is 474 g/mol. The van der Waals surface area contributed by atoms with E-state index in [4.69, 9.17) is 5.73 Å². The van der Waals surface area contributed by atoms with E-state index in [0.29, 0.717) is 22.0 Å². The number of nitrogens with one attached hydrogen (secondary N) is 1. The van der Waals surface area contributed by atoms with Crippen molar-refractivity contribution in [3.05, 3.63) is 101 Å². The third-order valence-corrected chi connectivity index (χ3v) is 6.60. The van der Waals surface area contributed by atoms with E-state index in [0.717, 1.165) is 39.0 Å². The number of fused-ring (bicyclic) bond motifs is 2. The smallest absolute Gasteiger partial charge is 0.265 e. The van der Waals surface area contributed by atoms with Crippen LogP contribution in [0.3, 0.4) is 0 Å². The summed E-state index contributed by atoms with van der Waals surface area (Å²) in [4.78, 5) is 33.3. The molecule has 0 saturated heterocycles. The molecule has 8 nitrogen and oxygen atoms in total. The second kappa shape index (κ2) is 8.06. The van der Waals surface area contributed by atoms with Crippen LogP contribution in [-0.4, -0.2) is 30.2 Å².